The first-order valence-corrected chi connectivity index (χ1v) is 9.79. The van der Waals surface area contributed by atoms with Crippen LogP contribution in [0.4, 0.5) is 0 Å². The lowest BCUT2D eigenvalue weighted by Crippen LogP contribution is -2.07. The van der Waals surface area contributed by atoms with Gasteiger partial charge in [0.1, 0.15) is 0 Å². The average Bonchev–Trinajstić information content (AvgIpc) is 2.61. The van der Waals surface area contributed by atoms with Crippen LogP contribution in [0.2, 0.25) is 0 Å². The largest absolute Gasteiger partial charge is 0.558 e. The zero-order valence-electron chi connectivity index (χ0n) is 12.8. The lowest BCUT2D eigenvalue weighted by atomic mass is 10.2. The van der Waals surface area contributed by atoms with E-state index < -0.39 is 27.6 Å². The zero-order chi connectivity index (χ0) is 19.2. The standard InChI is InChI=1S/C14H12O10P2/c15-13(11-7-3-1-4-8-11)21-25(17,18)23-24-26(19,20)22-14(16)12-9-5-2-6-10-12/h1-10H,(H,17,18)(H,19,20). The predicted octanol–water partition coefficient (Wildman–Crippen LogP) is 2.85. The summed E-state index contributed by atoms with van der Waals surface area (Å²) in [6.45, 7) is 0. The molecule has 0 heterocycles. The average molecular weight is 402 g/mol. The fourth-order valence-corrected chi connectivity index (χ4v) is 2.94. The van der Waals surface area contributed by atoms with Crippen molar-refractivity contribution in [3.63, 3.8) is 0 Å². The smallest absolute Gasteiger partial charge is 0.365 e. The number of phosphoric ester groups is 2. The lowest BCUT2D eigenvalue weighted by Gasteiger charge is -2.13. The molecule has 2 aromatic rings. The minimum Gasteiger partial charge on any atom is -0.365 e. The van der Waals surface area contributed by atoms with Crippen LogP contribution in [0.15, 0.2) is 60.7 Å². The van der Waals surface area contributed by atoms with Crippen molar-refractivity contribution < 1.29 is 46.9 Å². The van der Waals surface area contributed by atoms with E-state index in [2.05, 4.69) is 18.4 Å². The van der Waals surface area contributed by atoms with Crippen LogP contribution >= 0.6 is 15.6 Å². The van der Waals surface area contributed by atoms with Gasteiger partial charge in [0.05, 0.1) is 11.1 Å². The van der Waals surface area contributed by atoms with Gasteiger partial charge >= 0.3 is 27.6 Å². The van der Waals surface area contributed by atoms with Crippen LogP contribution in [0.3, 0.4) is 0 Å². The summed E-state index contributed by atoms with van der Waals surface area (Å²) in [5, 5.41) is 0. The van der Waals surface area contributed by atoms with Crippen molar-refractivity contribution in [2.75, 3.05) is 0 Å². The zero-order valence-corrected chi connectivity index (χ0v) is 14.6. The molecule has 0 aliphatic heterocycles. The fraction of sp³-hybridized carbons (Fsp3) is 0. The maximum atomic E-state index is 11.6. The summed E-state index contributed by atoms with van der Waals surface area (Å²) in [6.07, 6.45) is 0. The highest BCUT2D eigenvalue weighted by molar-refractivity contribution is 7.50. The lowest BCUT2D eigenvalue weighted by molar-refractivity contribution is -0.144. The van der Waals surface area contributed by atoms with Crippen LogP contribution in [-0.4, -0.2) is 21.7 Å². The number of hydrogen-bond acceptors (Lipinski definition) is 8. The van der Waals surface area contributed by atoms with Crippen LogP contribution < -0.4 is 0 Å². The SMILES string of the molecule is O=C(OP(=O)(O)OOP(=O)(O)OC(=O)c1ccccc1)c1ccccc1. The molecule has 0 aliphatic carbocycles. The van der Waals surface area contributed by atoms with Gasteiger partial charge in [0.25, 0.3) is 0 Å². The summed E-state index contributed by atoms with van der Waals surface area (Å²) in [5.74, 6) is -2.48. The number of rotatable bonds is 7. The Bertz CT molecular complexity index is 794. The Morgan fingerprint density at radius 3 is 1.27 bits per heavy atom. The summed E-state index contributed by atoms with van der Waals surface area (Å²) in [6, 6.07) is 14.3. The monoisotopic (exact) mass is 402 g/mol. The van der Waals surface area contributed by atoms with Crippen molar-refractivity contribution in [1.29, 1.82) is 0 Å². The van der Waals surface area contributed by atoms with E-state index in [4.69, 9.17) is 0 Å². The summed E-state index contributed by atoms with van der Waals surface area (Å²) in [4.78, 5) is 42.0. The number of carbonyl (C=O) groups excluding carboxylic acids is 2. The molecule has 10 nitrogen and oxygen atoms in total. The third kappa shape index (κ3) is 6.20. The molecule has 0 saturated carbocycles. The number of phosphoric acid groups is 2. The molecule has 26 heavy (non-hydrogen) atoms. The highest BCUT2D eigenvalue weighted by atomic mass is 31.2. The summed E-state index contributed by atoms with van der Waals surface area (Å²) < 4.78 is 39.1. The van der Waals surface area contributed by atoms with E-state index in [1.54, 1.807) is 12.1 Å². The molecule has 138 valence electrons. The Morgan fingerprint density at radius 2 is 0.962 bits per heavy atom. The molecule has 12 heteroatoms. The highest BCUT2D eigenvalue weighted by Crippen LogP contribution is 2.53. The third-order valence-electron chi connectivity index (χ3n) is 2.64. The normalized spacial score (nSPS) is 15.3. The molecule has 2 aromatic carbocycles. The summed E-state index contributed by atoms with van der Waals surface area (Å²) in [7, 11) is -10.4. The number of benzene rings is 2. The first kappa shape index (κ1) is 20.0. The van der Waals surface area contributed by atoms with E-state index in [1.807, 2.05) is 0 Å². The molecule has 0 radical (unpaired) electrons. The van der Waals surface area contributed by atoms with E-state index in [9.17, 15) is 28.5 Å². The maximum absolute atomic E-state index is 11.6. The van der Waals surface area contributed by atoms with Crippen LogP contribution in [0.25, 0.3) is 0 Å². The van der Waals surface area contributed by atoms with Gasteiger partial charge in [-0.25, -0.2) is 18.7 Å². The Labute approximate surface area is 147 Å². The van der Waals surface area contributed by atoms with E-state index >= 15 is 0 Å². The van der Waals surface area contributed by atoms with Crippen LogP contribution in [-0.2, 0) is 27.5 Å². The van der Waals surface area contributed by atoms with Gasteiger partial charge in [-0.15, -0.1) is 9.35 Å². The highest BCUT2D eigenvalue weighted by Gasteiger charge is 2.36. The first-order chi connectivity index (χ1) is 12.2. The second kappa shape index (κ2) is 8.37. The fourth-order valence-electron chi connectivity index (χ4n) is 1.58. The van der Waals surface area contributed by atoms with Crippen molar-refractivity contribution in [2.24, 2.45) is 0 Å². The summed E-state index contributed by atoms with van der Waals surface area (Å²) in [5.41, 5.74) is -0.152. The Balaban J connectivity index is 1.93. The molecule has 0 bridgehead atoms. The predicted molar refractivity (Wildman–Crippen MR) is 85.5 cm³/mol. The summed E-state index contributed by atoms with van der Waals surface area (Å²) >= 11 is 0. The number of carbonyl (C=O) groups is 2. The second-order valence-electron chi connectivity index (χ2n) is 4.58. The minimum atomic E-state index is -5.22. The van der Waals surface area contributed by atoms with Gasteiger partial charge in [-0.05, 0) is 24.3 Å². The Kier molecular flexibility index (Phi) is 6.44. The molecular formula is C14H12O10P2. The van der Waals surface area contributed by atoms with Crippen LogP contribution in [0.1, 0.15) is 20.7 Å². The second-order valence-corrected chi connectivity index (χ2v) is 7.11. The molecule has 2 N–H and O–H groups in total. The first-order valence-electron chi connectivity index (χ1n) is 6.80. The molecule has 0 fully saturated rings. The number of hydrogen-bond donors (Lipinski definition) is 2. The molecule has 0 aromatic heterocycles. The molecule has 2 rings (SSSR count). The van der Waals surface area contributed by atoms with Crippen LogP contribution in [0, 0.1) is 0 Å². The van der Waals surface area contributed by atoms with E-state index in [-0.39, 0.29) is 11.1 Å². The van der Waals surface area contributed by atoms with E-state index in [0.29, 0.717) is 0 Å². The van der Waals surface area contributed by atoms with Crippen LogP contribution in [0.5, 0.6) is 0 Å². The molecule has 0 amide bonds. The van der Waals surface area contributed by atoms with Crippen molar-refractivity contribution in [3.05, 3.63) is 71.8 Å². The third-order valence-corrected chi connectivity index (χ3v) is 4.07. The van der Waals surface area contributed by atoms with Gasteiger partial charge in [0, 0.05) is 0 Å². The topological polar surface area (TPSA) is 146 Å². The van der Waals surface area contributed by atoms with Crippen molar-refractivity contribution in [2.45, 2.75) is 0 Å². The maximum Gasteiger partial charge on any atom is 0.558 e. The van der Waals surface area contributed by atoms with Crippen molar-refractivity contribution in [3.8, 4) is 0 Å². The van der Waals surface area contributed by atoms with Gasteiger partial charge in [0.15, 0.2) is 0 Å². The quantitative estimate of drug-likeness (QED) is 0.403. The molecule has 0 spiro atoms. The van der Waals surface area contributed by atoms with Gasteiger partial charge in [0.2, 0.25) is 0 Å². The van der Waals surface area contributed by atoms with Gasteiger partial charge in [-0.1, -0.05) is 36.4 Å². The molecular weight excluding hydrogens is 390 g/mol. The van der Waals surface area contributed by atoms with Gasteiger partial charge in [-0.2, -0.15) is 0 Å². The Morgan fingerprint density at radius 1 is 0.654 bits per heavy atom. The van der Waals surface area contributed by atoms with Crippen molar-refractivity contribution >= 4 is 27.6 Å². The van der Waals surface area contributed by atoms with E-state index in [0.717, 1.165) is 0 Å². The Hall–Kier alpha value is -2.32. The van der Waals surface area contributed by atoms with Gasteiger partial charge < -0.3 is 9.05 Å². The van der Waals surface area contributed by atoms with Crippen molar-refractivity contribution in [1.82, 2.24) is 0 Å². The van der Waals surface area contributed by atoms with Gasteiger partial charge in [-0.3, -0.25) is 9.79 Å². The molecule has 2 atom stereocenters. The molecule has 0 aliphatic rings. The van der Waals surface area contributed by atoms with E-state index in [1.165, 1.54) is 48.5 Å². The molecule has 0 saturated heterocycles. The molecule has 2 unspecified atom stereocenters. The minimum absolute atomic E-state index is 0.0759.